The van der Waals surface area contributed by atoms with E-state index in [9.17, 15) is 14.9 Å². The molecule has 0 spiro atoms. The monoisotopic (exact) mass is 267 g/mol. The number of nitrogens with one attached hydrogen (secondary N) is 1. The van der Waals surface area contributed by atoms with Gasteiger partial charge in [0.15, 0.2) is 0 Å². The lowest BCUT2D eigenvalue weighted by atomic mass is 10.0. The number of nitro groups is 1. The summed E-state index contributed by atoms with van der Waals surface area (Å²) in [7, 11) is 1.61. The Morgan fingerprint density at radius 2 is 2.21 bits per heavy atom. The standard InChI is InChI=1S/C12H17N3O4/c1-8-6-9(15(17)18)4-5-10(8)19-7-12(2,14-3)11(13)16/h4-6,14H,7H2,1-3H3,(H2,13,16). The quantitative estimate of drug-likeness (QED) is 0.584. The highest BCUT2D eigenvalue weighted by Gasteiger charge is 2.30. The predicted octanol–water partition coefficient (Wildman–Crippen LogP) is 0.745. The fourth-order valence-electron chi connectivity index (χ4n) is 1.40. The molecule has 1 aromatic rings. The highest BCUT2D eigenvalue weighted by Crippen LogP contribution is 2.23. The number of likely N-dealkylation sites (N-methyl/N-ethyl adjacent to an activating group) is 1. The van der Waals surface area contributed by atoms with Crippen LogP contribution >= 0.6 is 0 Å². The van der Waals surface area contributed by atoms with Crippen molar-refractivity contribution in [1.82, 2.24) is 5.32 Å². The van der Waals surface area contributed by atoms with Gasteiger partial charge in [0.25, 0.3) is 5.69 Å². The molecule has 0 fully saturated rings. The van der Waals surface area contributed by atoms with Gasteiger partial charge in [0.2, 0.25) is 5.91 Å². The summed E-state index contributed by atoms with van der Waals surface area (Å²) in [5.74, 6) is -0.0529. The lowest BCUT2D eigenvalue weighted by Crippen LogP contribution is -2.55. The van der Waals surface area contributed by atoms with Crippen LogP contribution in [0, 0.1) is 17.0 Å². The zero-order valence-corrected chi connectivity index (χ0v) is 11.1. The number of carbonyl (C=O) groups excluding carboxylic acids is 1. The molecule has 0 bridgehead atoms. The summed E-state index contributed by atoms with van der Waals surface area (Å²) in [4.78, 5) is 21.4. The number of carbonyl (C=O) groups is 1. The molecule has 0 aliphatic rings. The van der Waals surface area contributed by atoms with E-state index in [1.165, 1.54) is 18.2 Å². The number of hydrogen-bond donors (Lipinski definition) is 2. The van der Waals surface area contributed by atoms with Crippen molar-refractivity contribution in [2.45, 2.75) is 19.4 Å². The number of nitro benzene ring substituents is 1. The minimum absolute atomic E-state index is 0.00358. The maximum absolute atomic E-state index is 11.3. The number of hydrogen-bond acceptors (Lipinski definition) is 5. The van der Waals surface area contributed by atoms with Crippen molar-refractivity contribution in [2.75, 3.05) is 13.7 Å². The second-order valence-corrected chi connectivity index (χ2v) is 4.44. The number of primary amides is 1. The molecule has 1 aromatic carbocycles. The van der Waals surface area contributed by atoms with Crippen LogP contribution < -0.4 is 15.8 Å². The lowest BCUT2D eigenvalue weighted by Gasteiger charge is -2.25. The fourth-order valence-corrected chi connectivity index (χ4v) is 1.40. The van der Waals surface area contributed by atoms with E-state index >= 15 is 0 Å². The van der Waals surface area contributed by atoms with Crippen LogP contribution in [0.4, 0.5) is 5.69 Å². The first kappa shape index (κ1) is 14.9. The molecule has 104 valence electrons. The van der Waals surface area contributed by atoms with E-state index in [4.69, 9.17) is 10.5 Å². The zero-order valence-electron chi connectivity index (χ0n) is 11.1. The maximum atomic E-state index is 11.3. The molecule has 0 heterocycles. The van der Waals surface area contributed by atoms with Crippen molar-refractivity contribution in [3.05, 3.63) is 33.9 Å². The first-order chi connectivity index (χ1) is 8.80. The molecule has 0 saturated heterocycles. The van der Waals surface area contributed by atoms with Crippen LogP contribution in [0.3, 0.4) is 0 Å². The predicted molar refractivity (Wildman–Crippen MR) is 70.0 cm³/mol. The van der Waals surface area contributed by atoms with Gasteiger partial charge in [-0.25, -0.2) is 0 Å². The van der Waals surface area contributed by atoms with E-state index < -0.39 is 16.4 Å². The van der Waals surface area contributed by atoms with Crippen molar-refractivity contribution in [1.29, 1.82) is 0 Å². The highest BCUT2D eigenvalue weighted by atomic mass is 16.6. The van der Waals surface area contributed by atoms with Gasteiger partial charge in [-0.1, -0.05) is 0 Å². The van der Waals surface area contributed by atoms with Crippen molar-refractivity contribution < 1.29 is 14.5 Å². The third kappa shape index (κ3) is 3.41. The Morgan fingerprint density at radius 1 is 1.58 bits per heavy atom. The van der Waals surface area contributed by atoms with Crippen LogP contribution in [0.5, 0.6) is 5.75 Å². The molecule has 0 saturated carbocycles. The average Bonchev–Trinajstić information content (AvgIpc) is 2.36. The van der Waals surface area contributed by atoms with Crippen molar-refractivity contribution >= 4 is 11.6 Å². The van der Waals surface area contributed by atoms with Gasteiger partial charge in [-0.2, -0.15) is 0 Å². The molecule has 0 radical (unpaired) electrons. The largest absolute Gasteiger partial charge is 0.491 e. The van der Waals surface area contributed by atoms with Crippen molar-refractivity contribution in [3.63, 3.8) is 0 Å². The van der Waals surface area contributed by atoms with Crippen LogP contribution in [0.2, 0.25) is 0 Å². The van der Waals surface area contributed by atoms with E-state index in [0.717, 1.165) is 0 Å². The summed E-state index contributed by atoms with van der Waals surface area (Å²) >= 11 is 0. The molecule has 7 heteroatoms. The normalized spacial score (nSPS) is 13.6. The van der Waals surface area contributed by atoms with Crippen LogP contribution in [-0.2, 0) is 4.79 Å². The number of aryl methyl sites for hydroxylation is 1. The Bertz CT molecular complexity index is 504. The fraction of sp³-hybridized carbons (Fsp3) is 0.417. The van der Waals surface area contributed by atoms with Gasteiger partial charge in [-0.05, 0) is 32.5 Å². The summed E-state index contributed by atoms with van der Waals surface area (Å²) in [6, 6.07) is 4.27. The van der Waals surface area contributed by atoms with E-state index in [1.807, 2.05) is 0 Å². The topological polar surface area (TPSA) is 107 Å². The number of benzene rings is 1. The first-order valence-corrected chi connectivity index (χ1v) is 5.67. The summed E-state index contributed by atoms with van der Waals surface area (Å²) in [6.07, 6.45) is 0. The summed E-state index contributed by atoms with van der Waals surface area (Å²) in [6.45, 7) is 3.36. The van der Waals surface area contributed by atoms with Gasteiger partial charge >= 0.3 is 0 Å². The third-order valence-corrected chi connectivity index (χ3v) is 2.98. The Hall–Kier alpha value is -2.15. The molecule has 1 rings (SSSR count). The van der Waals surface area contributed by atoms with Gasteiger partial charge in [0, 0.05) is 12.1 Å². The van der Waals surface area contributed by atoms with Crippen LogP contribution in [0.1, 0.15) is 12.5 Å². The minimum Gasteiger partial charge on any atom is -0.491 e. The number of non-ortho nitro benzene ring substituents is 1. The van der Waals surface area contributed by atoms with Gasteiger partial charge < -0.3 is 15.8 Å². The molecule has 0 aliphatic heterocycles. The molecular weight excluding hydrogens is 250 g/mol. The minimum atomic E-state index is -0.992. The Labute approximate surface area is 110 Å². The molecule has 7 nitrogen and oxygen atoms in total. The lowest BCUT2D eigenvalue weighted by molar-refractivity contribution is -0.384. The molecule has 0 aromatic heterocycles. The van der Waals surface area contributed by atoms with Gasteiger partial charge in [-0.15, -0.1) is 0 Å². The van der Waals surface area contributed by atoms with Crippen LogP contribution in [0.15, 0.2) is 18.2 Å². The average molecular weight is 267 g/mol. The molecule has 1 atom stereocenters. The third-order valence-electron chi connectivity index (χ3n) is 2.98. The van der Waals surface area contributed by atoms with Crippen LogP contribution in [0.25, 0.3) is 0 Å². The maximum Gasteiger partial charge on any atom is 0.269 e. The summed E-state index contributed by atoms with van der Waals surface area (Å²) in [5, 5.41) is 13.4. The second kappa shape index (κ2) is 5.66. The number of nitrogens with two attached hydrogens (primary N) is 1. The van der Waals surface area contributed by atoms with Gasteiger partial charge in [0.05, 0.1) is 4.92 Å². The number of rotatable bonds is 6. The van der Waals surface area contributed by atoms with E-state index in [2.05, 4.69) is 5.32 Å². The summed E-state index contributed by atoms with van der Waals surface area (Å²) < 4.78 is 5.50. The number of nitrogens with zero attached hydrogens (tertiary/aromatic N) is 1. The van der Waals surface area contributed by atoms with E-state index in [0.29, 0.717) is 11.3 Å². The van der Waals surface area contributed by atoms with Gasteiger partial charge in [0.1, 0.15) is 17.9 Å². The SMILES string of the molecule is CNC(C)(COc1ccc([N+](=O)[O-])cc1C)C(N)=O. The molecular formula is C12H17N3O4. The summed E-state index contributed by atoms with van der Waals surface area (Å²) in [5.41, 5.74) is 4.90. The molecule has 0 aliphatic carbocycles. The Kier molecular flexibility index (Phi) is 4.44. The van der Waals surface area contributed by atoms with E-state index in [-0.39, 0.29) is 12.3 Å². The smallest absolute Gasteiger partial charge is 0.269 e. The Morgan fingerprint density at radius 3 is 2.63 bits per heavy atom. The molecule has 19 heavy (non-hydrogen) atoms. The first-order valence-electron chi connectivity index (χ1n) is 5.67. The number of amides is 1. The van der Waals surface area contributed by atoms with E-state index in [1.54, 1.807) is 20.9 Å². The Balaban J connectivity index is 2.84. The second-order valence-electron chi connectivity index (χ2n) is 4.44. The molecule has 1 amide bonds. The molecule has 3 N–H and O–H groups in total. The number of ether oxygens (including phenoxy) is 1. The van der Waals surface area contributed by atoms with Crippen LogP contribution in [-0.4, -0.2) is 30.0 Å². The van der Waals surface area contributed by atoms with Crippen molar-refractivity contribution in [3.8, 4) is 5.75 Å². The molecule has 1 unspecified atom stereocenters. The van der Waals surface area contributed by atoms with Crippen molar-refractivity contribution in [2.24, 2.45) is 5.73 Å². The highest BCUT2D eigenvalue weighted by molar-refractivity contribution is 5.84. The zero-order chi connectivity index (χ0) is 14.6. The van der Waals surface area contributed by atoms with Gasteiger partial charge in [-0.3, -0.25) is 14.9 Å².